The van der Waals surface area contributed by atoms with Crippen LogP contribution in [-0.2, 0) is 0 Å². The van der Waals surface area contributed by atoms with Crippen molar-refractivity contribution >= 4 is 0 Å². The topological polar surface area (TPSA) is 18.5 Å². The summed E-state index contributed by atoms with van der Waals surface area (Å²) < 4.78 is 0. The number of likely N-dealkylation sites (tertiary alicyclic amines) is 1. The van der Waals surface area contributed by atoms with E-state index >= 15 is 0 Å². The van der Waals surface area contributed by atoms with E-state index in [1.165, 1.54) is 39.0 Å². The van der Waals surface area contributed by atoms with Crippen molar-refractivity contribution in [3.63, 3.8) is 0 Å². The van der Waals surface area contributed by atoms with E-state index in [0.717, 1.165) is 6.54 Å². The summed E-state index contributed by atoms with van der Waals surface area (Å²) in [6, 6.07) is 0. The Kier molecular flexibility index (Phi) is 2.58. The van der Waals surface area contributed by atoms with Crippen molar-refractivity contribution < 1.29 is 0 Å². The van der Waals surface area contributed by atoms with Crippen LogP contribution in [0, 0.1) is 0 Å². The van der Waals surface area contributed by atoms with Crippen LogP contribution >= 0.6 is 0 Å². The maximum absolute atomic E-state index is 3.53. The smallest absolute Gasteiger partial charge is 0.0355 e. The van der Waals surface area contributed by atoms with Crippen LogP contribution in [0.15, 0.2) is 0 Å². The minimum Gasteiger partial charge on any atom is -0.314 e. The minimum absolute atomic E-state index is 0.477. The molecule has 2 aliphatic rings. The lowest BCUT2D eigenvalue weighted by molar-refractivity contribution is 0.0284. The Morgan fingerprint density at radius 3 is 2.38 bits per heavy atom. The van der Waals surface area contributed by atoms with E-state index in [1.807, 2.05) is 0 Å². The summed E-state index contributed by atoms with van der Waals surface area (Å²) in [5.41, 5.74) is 0.477. The third-order valence-corrected chi connectivity index (χ3v) is 3.81. The van der Waals surface area contributed by atoms with Gasteiger partial charge in [-0.3, -0.25) is 4.90 Å². The summed E-state index contributed by atoms with van der Waals surface area (Å²) in [6.07, 6.45) is 2.65. The van der Waals surface area contributed by atoms with Crippen LogP contribution in [0.25, 0.3) is 0 Å². The van der Waals surface area contributed by atoms with Gasteiger partial charge < -0.3 is 10.2 Å². The van der Waals surface area contributed by atoms with Crippen molar-refractivity contribution in [1.82, 2.24) is 15.1 Å². The molecule has 0 aromatic carbocycles. The van der Waals surface area contributed by atoms with Gasteiger partial charge in [-0.15, -0.1) is 0 Å². The molecule has 2 heterocycles. The normalized spacial score (nSPS) is 30.9. The number of nitrogens with one attached hydrogen (secondary N) is 1. The molecule has 2 fully saturated rings. The molecule has 1 N–H and O–H groups in total. The number of piperazine rings is 1. The number of nitrogens with zero attached hydrogens (tertiary/aromatic N) is 2. The lowest BCUT2D eigenvalue weighted by atomic mass is 9.84. The number of piperidine rings is 1. The molecule has 13 heavy (non-hydrogen) atoms. The lowest BCUT2D eigenvalue weighted by Crippen LogP contribution is -2.63. The highest BCUT2D eigenvalue weighted by Gasteiger charge is 2.38. The van der Waals surface area contributed by atoms with Crippen LogP contribution in [0.3, 0.4) is 0 Å². The van der Waals surface area contributed by atoms with E-state index in [0.29, 0.717) is 5.54 Å². The second kappa shape index (κ2) is 3.56. The molecule has 2 aliphatic heterocycles. The fraction of sp³-hybridized carbons (Fsp3) is 1.00. The summed E-state index contributed by atoms with van der Waals surface area (Å²) in [7, 11) is 4.51. The van der Waals surface area contributed by atoms with Gasteiger partial charge in [0.05, 0.1) is 0 Å². The van der Waals surface area contributed by atoms with Gasteiger partial charge >= 0.3 is 0 Å². The van der Waals surface area contributed by atoms with Crippen LogP contribution in [0.2, 0.25) is 0 Å². The van der Waals surface area contributed by atoms with Crippen molar-refractivity contribution in [2.24, 2.45) is 0 Å². The Labute approximate surface area is 81.1 Å². The molecule has 0 aromatic rings. The zero-order chi connectivity index (χ0) is 9.31. The largest absolute Gasteiger partial charge is 0.314 e. The number of likely N-dealkylation sites (N-methyl/N-ethyl adjacent to an activating group) is 1. The first-order valence-corrected chi connectivity index (χ1v) is 5.33. The van der Waals surface area contributed by atoms with Crippen molar-refractivity contribution in [1.29, 1.82) is 0 Å². The molecule has 0 atom stereocenters. The van der Waals surface area contributed by atoms with Crippen LogP contribution < -0.4 is 5.32 Å². The SMILES string of the molecule is CN1CCC2(CC1)CNCCN2C. The van der Waals surface area contributed by atoms with E-state index < -0.39 is 0 Å². The van der Waals surface area contributed by atoms with Gasteiger partial charge in [-0.05, 0) is 40.0 Å². The minimum atomic E-state index is 0.477. The standard InChI is InChI=1S/C10H21N3/c1-12-6-3-10(4-7-12)9-11-5-8-13(10)2/h11H,3-9H2,1-2H3. The number of hydrogen-bond acceptors (Lipinski definition) is 3. The highest BCUT2D eigenvalue weighted by Crippen LogP contribution is 2.28. The van der Waals surface area contributed by atoms with E-state index in [2.05, 4.69) is 29.2 Å². The Morgan fingerprint density at radius 2 is 1.77 bits per heavy atom. The van der Waals surface area contributed by atoms with Gasteiger partial charge in [0.2, 0.25) is 0 Å². The molecule has 76 valence electrons. The van der Waals surface area contributed by atoms with E-state index in [-0.39, 0.29) is 0 Å². The zero-order valence-corrected chi connectivity index (χ0v) is 8.84. The van der Waals surface area contributed by atoms with Gasteiger partial charge in [0.25, 0.3) is 0 Å². The predicted octanol–water partition coefficient (Wildman–Crippen LogP) is -0.0142. The number of hydrogen-bond donors (Lipinski definition) is 1. The predicted molar refractivity (Wildman–Crippen MR) is 55.0 cm³/mol. The van der Waals surface area contributed by atoms with Crippen molar-refractivity contribution in [3.8, 4) is 0 Å². The summed E-state index contributed by atoms with van der Waals surface area (Å²) >= 11 is 0. The van der Waals surface area contributed by atoms with Gasteiger partial charge in [-0.25, -0.2) is 0 Å². The van der Waals surface area contributed by atoms with Gasteiger partial charge in [-0.1, -0.05) is 0 Å². The van der Waals surface area contributed by atoms with E-state index in [1.54, 1.807) is 0 Å². The van der Waals surface area contributed by atoms with Gasteiger partial charge in [0.15, 0.2) is 0 Å². The third kappa shape index (κ3) is 1.73. The summed E-state index contributed by atoms with van der Waals surface area (Å²) in [4.78, 5) is 5.00. The molecule has 3 heteroatoms. The van der Waals surface area contributed by atoms with Gasteiger partial charge in [0.1, 0.15) is 0 Å². The third-order valence-electron chi connectivity index (χ3n) is 3.81. The molecule has 0 bridgehead atoms. The molecule has 0 amide bonds. The highest BCUT2D eigenvalue weighted by atomic mass is 15.3. The fourth-order valence-electron chi connectivity index (χ4n) is 2.53. The summed E-state index contributed by atoms with van der Waals surface area (Å²) in [5, 5.41) is 3.53. The monoisotopic (exact) mass is 183 g/mol. The second-order valence-electron chi connectivity index (χ2n) is 4.63. The first-order chi connectivity index (χ1) is 6.23. The molecule has 0 aliphatic carbocycles. The Hall–Kier alpha value is -0.120. The van der Waals surface area contributed by atoms with Gasteiger partial charge in [0, 0.05) is 25.2 Å². The van der Waals surface area contributed by atoms with Crippen LogP contribution in [0.4, 0.5) is 0 Å². The molecule has 2 saturated heterocycles. The molecular formula is C10H21N3. The lowest BCUT2D eigenvalue weighted by Gasteiger charge is -2.49. The highest BCUT2D eigenvalue weighted by molar-refractivity contribution is 4.97. The van der Waals surface area contributed by atoms with Gasteiger partial charge in [-0.2, -0.15) is 0 Å². The van der Waals surface area contributed by atoms with E-state index in [4.69, 9.17) is 0 Å². The fourth-order valence-corrected chi connectivity index (χ4v) is 2.53. The molecule has 2 rings (SSSR count). The maximum Gasteiger partial charge on any atom is 0.0355 e. The Balaban J connectivity index is 2.01. The first-order valence-electron chi connectivity index (χ1n) is 5.33. The average Bonchev–Trinajstić information content (AvgIpc) is 2.15. The van der Waals surface area contributed by atoms with Crippen LogP contribution in [0.5, 0.6) is 0 Å². The van der Waals surface area contributed by atoms with Crippen LogP contribution in [0.1, 0.15) is 12.8 Å². The molecular weight excluding hydrogens is 162 g/mol. The van der Waals surface area contributed by atoms with E-state index in [9.17, 15) is 0 Å². The molecule has 0 saturated carbocycles. The molecule has 0 radical (unpaired) electrons. The maximum atomic E-state index is 3.53. The summed E-state index contributed by atoms with van der Waals surface area (Å²) in [6.45, 7) is 6.08. The quantitative estimate of drug-likeness (QED) is 0.570. The first kappa shape index (κ1) is 9.44. The molecule has 3 nitrogen and oxygen atoms in total. The number of rotatable bonds is 0. The molecule has 0 aromatic heterocycles. The van der Waals surface area contributed by atoms with Crippen molar-refractivity contribution in [3.05, 3.63) is 0 Å². The summed E-state index contributed by atoms with van der Waals surface area (Å²) in [5.74, 6) is 0. The Morgan fingerprint density at radius 1 is 1.08 bits per heavy atom. The Bertz CT molecular complexity index is 173. The second-order valence-corrected chi connectivity index (χ2v) is 4.63. The molecule has 0 unspecified atom stereocenters. The van der Waals surface area contributed by atoms with Crippen molar-refractivity contribution in [2.75, 3.05) is 46.8 Å². The van der Waals surface area contributed by atoms with Crippen molar-refractivity contribution in [2.45, 2.75) is 18.4 Å². The average molecular weight is 183 g/mol. The molecule has 1 spiro atoms. The zero-order valence-electron chi connectivity index (χ0n) is 8.84. The van der Waals surface area contributed by atoms with Crippen LogP contribution in [-0.4, -0.2) is 62.2 Å².